The van der Waals surface area contributed by atoms with E-state index in [-0.39, 0.29) is 17.8 Å². The van der Waals surface area contributed by atoms with E-state index in [0.29, 0.717) is 13.0 Å². The minimum absolute atomic E-state index is 0.0933. The van der Waals surface area contributed by atoms with E-state index in [2.05, 4.69) is 6.58 Å². The van der Waals surface area contributed by atoms with Gasteiger partial charge in [-0.2, -0.15) is 0 Å². The van der Waals surface area contributed by atoms with Crippen molar-refractivity contribution >= 4 is 11.9 Å². The topological polar surface area (TPSA) is 52.6 Å². The van der Waals surface area contributed by atoms with Crippen LogP contribution in [0, 0.1) is 5.41 Å². The van der Waals surface area contributed by atoms with Crippen LogP contribution >= 0.6 is 0 Å². The molecule has 0 aromatic heterocycles. The molecule has 1 unspecified atom stereocenters. The van der Waals surface area contributed by atoms with Gasteiger partial charge in [0.2, 0.25) is 0 Å². The second kappa shape index (κ2) is 4.28. The standard InChI is InChI=1S/C12H18O4/c1-5-9(13)16-12(4)6-10(14)15-8-11(2,3)7-12/h5H,1,6-8H2,2-4H3. The van der Waals surface area contributed by atoms with E-state index in [1.165, 1.54) is 0 Å². The van der Waals surface area contributed by atoms with Gasteiger partial charge in [-0.05, 0) is 13.3 Å². The highest BCUT2D eigenvalue weighted by molar-refractivity contribution is 5.82. The quantitative estimate of drug-likeness (QED) is 0.532. The lowest BCUT2D eigenvalue weighted by atomic mass is 9.81. The molecule has 0 radical (unpaired) electrons. The zero-order chi connectivity index (χ0) is 12.4. The first-order chi connectivity index (χ1) is 7.26. The van der Waals surface area contributed by atoms with E-state index in [4.69, 9.17) is 9.47 Å². The van der Waals surface area contributed by atoms with Crippen LogP contribution in [0.15, 0.2) is 12.7 Å². The Morgan fingerprint density at radius 1 is 1.50 bits per heavy atom. The highest BCUT2D eigenvalue weighted by Crippen LogP contribution is 2.36. The summed E-state index contributed by atoms with van der Waals surface area (Å²) in [5, 5.41) is 0. The molecule has 0 spiro atoms. The Bertz CT molecular complexity index is 319. The Hall–Kier alpha value is -1.32. The second-order valence-electron chi connectivity index (χ2n) is 5.25. The van der Waals surface area contributed by atoms with E-state index in [0.717, 1.165) is 6.08 Å². The lowest BCUT2D eigenvalue weighted by Crippen LogP contribution is -2.36. The average molecular weight is 226 g/mol. The van der Waals surface area contributed by atoms with Crippen LogP contribution in [-0.4, -0.2) is 24.1 Å². The van der Waals surface area contributed by atoms with Crippen LogP contribution in [0.4, 0.5) is 0 Å². The Balaban J connectivity index is 2.86. The number of ether oxygens (including phenoxy) is 2. The zero-order valence-electron chi connectivity index (χ0n) is 10.0. The molecule has 1 aliphatic heterocycles. The largest absolute Gasteiger partial charge is 0.465 e. The minimum atomic E-state index is -0.803. The van der Waals surface area contributed by atoms with Gasteiger partial charge in [0.05, 0.1) is 13.0 Å². The molecule has 4 heteroatoms. The summed E-state index contributed by atoms with van der Waals surface area (Å²) in [6.45, 7) is 9.41. The minimum Gasteiger partial charge on any atom is -0.465 e. The van der Waals surface area contributed by atoms with E-state index in [9.17, 15) is 9.59 Å². The maximum atomic E-state index is 11.4. The van der Waals surface area contributed by atoms with Crippen molar-refractivity contribution in [1.29, 1.82) is 0 Å². The van der Waals surface area contributed by atoms with Gasteiger partial charge >= 0.3 is 11.9 Å². The molecule has 0 amide bonds. The molecule has 1 fully saturated rings. The van der Waals surface area contributed by atoms with Gasteiger partial charge < -0.3 is 9.47 Å². The molecule has 1 saturated heterocycles. The van der Waals surface area contributed by atoms with Gasteiger partial charge in [-0.1, -0.05) is 20.4 Å². The van der Waals surface area contributed by atoms with Gasteiger partial charge in [-0.15, -0.1) is 0 Å². The number of hydrogen-bond acceptors (Lipinski definition) is 4. The Morgan fingerprint density at radius 2 is 2.12 bits per heavy atom. The molecule has 0 saturated carbocycles. The third-order valence-electron chi connectivity index (χ3n) is 2.51. The molecule has 16 heavy (non-hydrogen) atoms. The molecule has 1 aliphatic rings. The van der Waals surface area contributed by atoms with Crippen LogP contribution in [0.5, 0.6) is 0 Å². The van der Waals surface area contributed by atoms with Crippen LogP contribution in [-0.2, 0) is 19.1 Å². The molecule has 1 heterocycles. The van der Waals surface area contributed by atoms with Gasteiger partial charge in [0.25, 0.3) is 0 Å². The molecule has 0 aromatic rings. The normalized spacial score (nSPS) is 28.8. The van der Waals surface area contributed by atoms with E-state index < -0.39 is 11.6 Å². The fourth-order valence-electron chi connectivity index (χ4n) is 2.11. The van der Waals surface area contributed by atoms with Crippen LogP contribution < -0.4 is 0 Å². The van der Waals surface area contributed by atoms with Crippen molar-refractivity contribution in [3.63, 3.8) is 0 Å². The summed E-state index contributed by atoms with van der Waals surface area (Å²) in [4.78, 5) is 22.6. The first-order valence-corrected chi connectivity index (χ1v) is 5.27. The van der Waals surface area contributed by atoms with E-state index >= 15 is 0 Å². The number of carbonyl (C=O) groups is 2. The SMILES string of the molecule is C=CC(=O)OC1(C)CC(=O)OCC(C)(C)C1. The zero-order valence-corrected chi connectivity index (χ0v) is 10.0. The second-order valence-corrected chi connectivity index (χ2v) is 5.25. The molecule has 0 aliphatic carbocycles. The van der Waals surface area contributed by atoms with Crippen molar-refractivity contribution in [3.05, 3.63) is 12.7 Å². The van der Waals surface area contributed by atoms with Crippen molar-refractivity contribution < 1.29 is 19.1 Å². The maximum absolute atomic E-state index is 11.4. The first-order valence-electron chi connectivity index (χ1n) is 5.27. The van der Waals surface area contributed by atoms with Crippen molar-refractivity contribution in [2.24, 2.45) is 5.41 Å². The smallest absolute Gasteiger partial charge is 0.330 e. The first kappa shape index (κ1) is 12.7. The fraction of sp³-hybridized carbons (Fsp3) is 0.667. The lowest BCUT2D eigenvalue weighted by Gasteiger charge is -2.32. The van der Waals surface area contributed by atoms with Gasteiger partial charge in [0.15, 0.2) is 0 Å². The van der Waals surface area contributed by atoms with Crippen LogP contribution in [0.3, 0.4) is 0 Å². The number of hydrogen-bond donors (Lipinski definition) is 0. The highest BCUT2D eigenvalue weighted by Gasteiger charge is 2.41. The van der Waals surface area contributed by atoms with Crippen LogP contribution in [0.1, 0.15) is 33.6 Å². The molecule has 1 rings (SSSR count). The molecule has 1 atom stereocenters. The summed E-state index contributed by atoms with van der Waals surface area (Å²) in [6.07, 6.45) is 1.79. The number of esters is 2. The molecule has 4 nitrogen and oxygen atoms in total. The predicted molar refractivity (Wildman–Crippen MR) is 58.7 cm³/mol. The van der Waals surface area contributed by atoms with Crippen molar-refractivity contribution in [3.8, 4) is 0 Å². The Morgan fingerprint density at radius 3 is 2.69 bits per heavy atom. The molecule has 0 aromatic carbocycles. The average Bonchev–Trinajstić information content (AvgIpc) is 2.22. The molecule has 0 bridgehead atoms. The summed E-state index contributed by atoms with van der Waals surface area (Å²) in [7, 11) is 0. The van der Waals surface area contributed by atoms with Gasteiger partial charge in [-0.25, -0.2) is 4.79 Å². The Labute approximate surface area is 95.6 Å². The highest BCUT2D eigenvalue weighted by atomic mass is 16.6. The van der Waals surface area contributed by atoms with E-state index in [1.807, 2.05) is 13.8 Å². The molecular weight excluding hydrogens is 208 g/mol. The fourth-order valence-corrected chi connectivity index (χ4v) is 2.11. The molecular formula is C12H18O4. The van der Waals surface area contributed by atoms with Crippen molar-refractivity contribution in [1.82, 2.24) is 0 Å². The van der Waals surface area contributed by atoms with Gasteiger partial charge in [0, 0.05) is 11.5 Å². The van der Waals surface area contributed by atoms with Crippen LogP contribution in [0.25, 0.3) is 0 Å². The Kier molecular flexibility index (Phi) is 3.41. The maximum Gasteiger partial charge on any atom is 0.330 e. The number of rotatable bonds is 2. The predicted octanol–water partition coefficient (Wildman–Crippen LogP) is 1.84. The number of cyclic esters (lactones) is 1. The van der Waals surface area contributed by atoms with Crippen LogP contribution in [0.2, 0.25) is 0 Å². The van der Waals surface area contributed by atoms with E-state index in [1.54, 1.807) is 6.92 Å². The third kappa shape index (κ3) is 3.36. The monoisotopic (exact) mass is 226 g/mol. The van der Waals surface area contributed by atoms with Crippen molar-refractivity contribution in [2.75, 3.05) is 6.61 Å². The summed E-state index contributed by atoms with van der Waals surface area (Å²) < 4.78 is 10.3. The molecule has 0 N–H and O–H groups in total. The summed E-state index contributed by atoms with van der Waals surface area (Å²) in [5.41, 5.74) is -0.995. The lowest BCUT2D eigenvalue weighted by molar-refractivity contribution is -0.158. The summed E-state index contributed by atoms with van der Waals surface area (Å²) >= 11 is 0. The summed E-state index contributed by atoms with van der Waals surface area (Å²) in [5.74, 6) is -0.835. The van der Waals surface area contributed by atoms with Crippen molar-refractivity contribution in [2.45, 2.75) is 39.2 Å². The molecule has 90 valence electrons. The van der Waals surface area contributed by atoms with Gasteiger partial charge in [-0.3, -0.25) is 4.79 Å². The summed E-state index contributed by atoms with van der Waals surface area (Å²) in [6, 6.07) is 0. The number of carbonyl (C=O) groups excluding carboxylic acids is 2. The van der Waals surface area contributed by atoms with Gasteiger partial charge in [0.1, 0.15) is 5.60 Å². The third-order valence-corrected chi connectivity index (χ3v) is 2.51.